The second-order valence-corrected chi connectivity index (χ2v) is 5.01. The first kappa shape index (κ1) is 13.5. The topological polar surface area (TPSA) is 47.6 Å². The van der Waals surface area contributed by atoms with Crippen molar-refractivity contribution in [3.05, 3.63) is 53.6 Å². The van der Waals surface area contributed by atoms with Crippen LogP contribution in [0, 0.1) is 0 Å². The molecule has 0 unspecified atom stereocenters. The number of ether oxygens (including phenoxy) is 2. The number of fused-ring (bicyclic) bond motifs is 1. The van der Waals surface area contributed by atoms with Gasteiger partial charge in [-0.05, 0) is 41.8 Å². The third kappa shape index (κ3) is 2.44. The van der Waals surface area contributed by atoms with Crippen molar-refractivity contribution in [2.75, 3.05) is 19.5 Å². The third-order valence-electron chi connectivity index (χ3n) is 3.82. The van der Waals surface area contributed by atoms with E-state index in [0.29, 0.717) is 6.42 Å². The van der Waals surface area contributed by atoms with Crippen molar-refractivity contribution in [2.45, 2.75) is 12.3 Å². The van der Waals surface area contributed by atoms with Crippen molar-refractivity contribution in [2.24, 2.45) is 0 Å². The Labute approximate surface area is 123 Å². The van der Waals surface area contributed by atoms with Gasteiger partial charge in [0.2, 0.25) is 5.91 Å². The normalized spacial score (nSPS) is 16.3. The fourth-order valence-electron chi connectivity index (χ4n) is 2.74. The number of methoxy groups -OCH3 is 2. The van der Waals surface area contributed by atoms with Crippen LogP contribution in [0.1, 0.15) is 17.0 Å². The second-order valence-electron chi connectivity index (χ2n) is 5.01. The summed E-state index contributed by atoms with van der Waals surface area (Å²) in [6.45, 7) is 0. The lowest BCUT2D eigenvalue weighted by Crippen LogP contribution is -2.14. The van der Waals surface area contributed by atoms with Gasteiger partial charge in [-0.25, -0.2) is 0 Å². The lowest BCUT2D eigenvalue weighted by molar-refractivity contribution is -0.117. The van der Waals surface area contributed by atoms with E-state index < -0.39 is 0 Å². The molecule has 0 radical (unpaired) electrons. The molecule has 1 aliphatic rings. The van der Waals surface area contributed by atoms with Gasteiger partial charge >= 0.3 is 0 Å². The summed E-state index contributed by atoms with van der Waals surface area (Å²) in [6.07, 6.45) is 0.587. The Hall–Kier alpha value is -2.49. The highest BCUT2D eigenvalue weighted by Gasteiger charge is 2.30. The van der Waals surface area contributed by atoms with E-state index in [2.05, 4.69) is 5.32 Å². The molecule has 1 atom stereocenters. The van der Waals surface area contributed by atoms with Gasteiger partial charge in [-0.2, -0.15) is 0 Å². The van der Waals surface area contributed by atoms with Gasteiger partial charge in [0.25, 0.3) is 0 Å². The van der Waals surface area contributed by atoms with Crippen LogP contribution in [0.2, 0.25) is 0 Å². The molecule has 3 rings (SSSR count). The van der Waals surface area contributed by atoms with E-state index in [1.54, 1.807) is 14.2 Å². The highest BCUT2D eigenvalue weighted by molar-refractivity contribution is 6.03. The fraction of sp³-hybridized carbons (Fsp3) is 0.235. The zero-order valence-electron chi connectivity index (χ0n) is 12.1. The minimum Gasteiger partial charge on any atom is -0.497 e. The molecule has 108 valence electrons. The van der Waals surface area contributed by atoms with Gasteiger partial charge in [-0.1, -0.05) is 18.2 Å². The molecular formula is C17H17NO3. The number of amides is 1. The Bertz CT molecular complexity index is 681. The molecule has 2 aromatic carbocycles. The number of nitrogens with one attached hydrogen (secondary N) is 1. The Kier molecular flexibility index (Phi) is 3.52. The molecule has 0 fully saturated rings. The number of anilines is 1. The molecule has 4 nitrogen and oxygen atoms in total. The molecule has 0 saturated heterocycles. The number of carbonyl (C=O) groups is 1. The van der Waals surface area contributed by atoms with Crippen LogP contribution >= 0.6 is 0 Å². The van der Waals surface area contributed by atoms with Gasteiger partial charge in [0, 0.05) is 5.69 Å². The lowest BCUT2D eigenvalue weighted by atomic mass is 9.92. The SMILES string of the molecule is COc1ccc(OC)c(C[C@@H]2C(=O)Nc3ccccc32)c1. The van der Waals surface area contributed by atoms with Crippen LogP contribution < -0.4 is 14.8 Å². The monoisotopic (exact) mass is 283 g/mol. The summed E-state index contributed by atoms with van der Waals surface area (Å²) in [4.78, 5) is 12.2. The molecule has 2 aromatic rings. The van der Waals surface area contributed by atoms with Crippen molar-refractivity contribution < 1.29 is 14.3 Å². The van der Waals surface area contributed by atoms with Crippen molar-refractivity contribution >= 4 is 11.6 Å². The molecule has 0 spiro atoms. The van der Waals surface area contributed by atoms with Gasteiger partial charge in [0.05, 0.1) is 20.1 Å². The summed E-state index contributed by atoms with van der Waals surface area (Å²) in [5.41, 5.74) is 2.90. The first-order valence-electron chi connectivity index (χ1n) is 6.83. The number of hydrogen-bond donors (Lipinski definition) is 1. The van der Waals surface area contributed by atoms with Crippen LogP contribution in [-0.2, 0) is 11.2 Å². The largest absolute Gasteiger partial charge is 0.497 e. The summed E-state index contributed by atoms with van der Waals surface area (Å²) in [7, 11) is 3.26. The van der Waals surface area contributed by atoms with Gasteiger partial charge in [-0.15, -0.1) is 0 Å². The van der Waals surface area contributed by atoms with Crippen molar-refractivity contribution in [1.82, 2.24) is 0 Å². The summed E-state index contributed by atoms with van der Waals surface area (Å²) >= 11 is 0. The molecule has 4 heteroatoms. The summed E-state index contributed by atoms with van der Waals surface area (Å²) in [6, 6.07) is 13.4. The zero-order valence-corrected chi connectivity index (χ0v) is 12.1. The fourth-order valence-corrected chi connectivity index (χ4v) is 2.74. The van der Waals surface area contributed by atoms with Crippen LogP contribution in [0.15, 0.2) is 42.5 Å². The van der Waals surface area contributed by atoms with Crippen LogP contribution in [0.25, 0.3) is 0 Å². The van der Waals surface area contributed by atoms with Crippen LogP contribution in [0.4, 0.5) is 5.69 Å². The maximum atomic E-state index is 12.2. The quantitative estimate of drug-likeness (QED) is 0.938. The Balaban J connectivity index is 1.95. The smallest absolute Gasteiger partial charge is 0.232 e. The molecule has 0 saturated carbocycles. The highest BCUT2D eigenvalue weighted by atomic mass is 16.5. The maximum Gasteiger partial charge on any atom is 0.232 e. The van der Waals surface area contributed by atoms with E-state index in [1.165, 1.54) is 0 Å². The molecule has 1 heterocycles. The van der Waals surface area contributed by atoms with E-state index in [9.17, 15) is 4.79 Å². The molecule has 0 bridgehead atoms. The van der Waals surface area contributed by atoms with E-state index in [-0.39, 0.29) is 11.8 Å². The van der Waals surface area contributed by atoms with E-state index in [1.807, 2.05) is 42.5 Å². The number of hydrogen-bond acceptors (Lipinski definition) is 3. The molecular weight excluding hydrogens is 266 g/mol. The first-order chi connectivity index (χ1) is 10.2. The van der Waals surface area contributed by atoms with Gasteiger partial charge in [0.15, 0.2) is 0 Å². The minimum atomic E-state index is -0.192. The third-order valence-corrected chi connectivity index (χ3v) is 3.82. The molecule has 1 aliphatic heterocycles. The van der Waals surface area contributed by atoms with Gasteiger partial charge in [0.1, 0.15) is 11.5 Å². The average molecular weight is 283 g/mol. The van der Waals surface area contributed by atoms with E-state index in [0.717, 1.165) is 28.3 Å². The highest BCUT2D eigenvalue weighted by Crippen LogP contribution is 2.37. The number of carbonyl (C=O) groups excluding carboxylic acids is 1. The lowest BCUT2D eigenvalue weighted by Gasteiger charge is -2.13. The van der Waals surface area contributed by atoms with Crippen molar-refractivity contribution in [3.63, 3.8) is 0 Å². The van der Waals surface area contributed by atoms with Gasteiger partial charge < -0.3 is 14.8 Å². The van der Waals surface area contributed by atoms with Crippen LogP contribution in [0.3, 0.4) is 0 Å². The predicted octanol–water partition coefficient (Wildman–Crippen LogP) is 2.98. The maximum absolute atomic E-state index is 12.2. The number of benzene rings is 2. The average Bonchev–Trinajstić information content (AvgIpc) is 2.83. The molecule has 21 heavy (non-hydrogen) atoms. The second kappa shape index (κ2) is 5.48. The Morgan fingerprint density at radius 3 is 2.67 bits per heavy atom. The number of para-hydroxylation sites is 1. The Morgan fingerprint density at radius 2 is 1.90 bits per heavy atom. The van der Waals surface area contributed by atoms with Gasteiger partial charge in [-0.3, -0.25) is 4.79 Å². The van der Waals surface area contributed by atoms with Crippen molar-refractivity contribution in [1.29, 1.82) is 0 Å². The Morgan fingerprint density at radius 1 is 1.10 bits per heavy atom. The molecule has 1 amide bonds. The summed E-state index contributed by atoms with van der Waals surface area (Å²) in [5, 5.41) is 2.92. The predicted molar refractivity (Wildman–Crippen MR) is 81.1 cm³/mol. The van der Waals surface area contributed by atoms with Crippen LogP contribution in [0.5, 0.6) is 11.5 Å². The summed E-state index contributed by atoms with van der Waals surface area (Å²) in [5.74, 6) is 1.37. The molecule has 1 N–H and O–H groups in total. The van der Waals surface area contributed by atoms with E-state index in [4.69, 9.17) is 9.47 Å². The minimum absolute atomic E-state index is 0.0288. The van der Waals surface area contributed by atoms with E-state index >= 15 is 0 Å². The first-order valence-corrected chi connectivity index (χ1v) is 6.83. The number of rotatable bonds is 4. The molecule has 0 aliphatic carbocycles. The van der Waals surface area contributed by atoms with Crippen LogP contribution in [-0.4, -0.2) is 20.1 Å². The zero-order chi connectivity index (χ0) is 14.8. The standard InChI is InChI=1S/C17H17NO3/c1-20-12-7-8-16(21-2)11(9-12)10-14-13-5-3-4-6-15(13)18-17(14)19/h3-9,14H,10H2,1-2H3,(H,18,19)/t14-/m0/s1. The van der Waals surface area contributed by atoms with Crippen molar-refractivity contribution in [3.8, 4) is 11.5 Å². The summed E-state index contributed by atoms with van der Waals surface area (Å²) < 4.78 is 10.7. The molecule has 0 aromatic heterocycles.